The zero-order valence-electron chi connectivity index (χ0n) is 17.1. The summed E-state index contributed by atoms with van der Waals surface area (Å²) in [4.78, 5) is 7.51. The van der Waals surface area contributed by atoms with Crippen LogP contribution in [-0.4, -0.2) is 48.6 Å². The van der Waals surface area contributed by atoms with Crippen LogP contribution >= 0.6 is 23.4 Å². The third kappa shape index (κ3) is 5.09. The maximum absolute atomic E-state index is 9.43. The molecule has 2 aromatic rings. The Labute approximate surface area is 182 Å². The lowest BCUT2D eigenvalue weighted by Gasteiger charge is -2.37. The number of hydrogen-bond acceptors (Lipinski definition) is 5. The van der Waals surface area contributed by atoms with Gasteiger partial charge in [0.05, 0.1) is 17.5 Å². The van der Waals surface area contributed by atoms with Crippen molar-refractivity contribution in [1.29, 1.82) is 0 Å². The van der Waals surface area contributed by atoms with Crippen molar-refractivity contribution in [2.75, 3.05) is 31.1 Å². The highest BCUT2D eigenvalue weighted by Gasteiger charge is 2.27. The molecular weight excluding hydrogens is 404 g/mol. The number of halogens is 1. The molecule has 4 nitrogen and oxygen atoms in total. The van der Waals surface area contributed by atoms with Gasteiger partial charge in [0.1, 0.15) is 0 Å². The van der Waals surface area contributed by atoms with Gasteiger partial charge >= 0.3 is 0 Å². The van der Waals surface area contributed by atoms with Gasteiger partial charge in [-0.2, -0.15) is 0 Å². The van der Waals surface area contributed by atoms with Crippen LogP contribution in [0.1, 0.15) is 26.7 Å². The van der Waals surface area contributed by atoms with Crippen LogP contribution in [0.4, 0.5) is 11.4 Å². The molecule has 1 saturated heterocycles. The smallest absolute Gasteiger partial charge is 0.152 e. The summed E-state index contributed by atoms with van der Waals surface area (Å²) in [5, 5.41) is 10.2. The number of ether oxygens (including phenoxy) is 1. The van der Waals surface area contributed by atoms with E-state index in [9.17, 15) is 5.11 Å². The van der Waals surface area contributed by atoms with Gasteiger partial charge in [-0.3, -0.25) is 0 Å². The average molecular weight is 433 g/mol. The Morgan fingerprint density at radius 1 is 1.07 bits per heavy atom. The maximum Gasteiger partial charge on any atom is 0.152 e. The highest BCUT2D eigenvalue weighted by Crippen LogP contribution is 2.48. The Morgan fingerprint density at radius 3 is 2.55 bits per heavy atom. The number of rotatable bonds is 6. The van der Waals surface area contributed by atoms with Gasteiger partial charge in [0.15, 0.2) is 6.29 Å². The predicted molar refractivity (Wildman–Crippen MR) is 120 cm³/mol. The zero-order valence-corrected chi connectivity index (χ0v) is 18.6. The molecule has 2 aliphatic heterocycles. The molecule has 0 spiro atoms. The van der Waals surface area contributed by atoms with Gasteiger partial charge in [-0.15, -0.1) is 0 Å². The molecule has 1 N–H and O–H groups in total. The fourth-order valence-electron chi connectivity index (χ4n) is 4.32. The van der Waals surface area contributed by atoms with E-state index in [2.05, 4.69) is 53.1 Å². The van der Waals surface area contributed by atoms with E-state index in [1.807, 2.05) is 17.8 Å². The number of hydrogen-bond donors (Lipinski definition) is 1. The molecule has 0 radical (unpaired) electrons. The normalized spacial score (nSPS) is 19.5. The van der Waals surface area contributed by atoms with Gasteiger partial charge in [-0.1, -0.05) is 42.4 Å². The first-order chi connectivity index (χ1) is 14.0. The van der Waals surface area contributed by atoms with Crippen molar-refractivity contribution in [2.45, 2.75) is 48.9 Å². The largest absolute Gasteiger partial charge is 0.368 e. The summed E-state index contributed by atoms with van der Waals surface area (Å²) in [6.07, 6.45) is 1.48. The van der Waals surface area contributed by atoms with Crippen molar-refractivity contribution in [3.63, 3.8) is 0 Å². The number of nitrogens with zero attached hydrogens (tertiary/aromatic N) is 2. The first-order valence-electron chi connectivity index (χ1n) is 10.4. The number of anilines is 2. The summed E-state index contributed by atoms with van der Waals surface area (Å²) < 4.78 is 5.56. The van der Waals surface area contributed by atoms with Crippen LogP contribution in [0.15, 0.2) is 52.3 Å². The second-order valence-electron chi connectivity index (χ2n) is 8.13. The first-order valence-corrected chi connectivity index (χ1v) is 11.6. The van der Waals surface area contributed by atoms with Crippen LogP contribution in [0.3, 0.4) is 0 Å². The monoisotopic (exact) mass is 432 g/mol. The minimum absolute atomic E-state index is 0.182. The molecule has 2 aromatic carbocycles. The SMILES string of the molecule is CC(CN1CCC(OC(C)O)CC1)CN1c2ccccc2Sc2ccc(Cl)cc21. The van der Waals surface area contributed by atoms with Gasteiger partial charge in [0.25, 0.3) is 0 Å². The molecule has 0 bridgehead atoms. The maximum atomic E-state index is 9.43. The summed E-state index contributed by atoms with van der Waals surface area (Å²) >= 11 is 8.15. The molecule has 4 rings (SSSR count). The first kappa shape index (κ1) is 21.0. The molecule has 0 aliphatic carbocycles. The van der Waals surface area contributed by atoms with E-state index in [4.69, 9.17) is 16.3 Å². The molecule has 0 aromatic heterocycles. The second-order valence-corrected chi connectivity index (χ2v) is 9.65. The predicted octanol–water partition coefficient (Wildman–Crippen LogP) is 5.40. The van der Waals surface area contributed by atoms with E-state index in [0.717, 1.165) is 44.0 Å². The Bertz CT molecular complexity index is 839. The molecular formula is C23H29ClN2O2S. The van der Waals surface area contributed by atoms with E-state index in [-0.39, 0.29) is 6.10 Å². The van der Waals surface area contributed by atoms with Gasteiger partial charge < -0.3 is 19.6 Å². The molecule has 0 amide bonds. The summed E-state index contributed by atoms with van der Waals surface area (Å²) in [7, 11) is 0. The van der Waals surface area contributed by atoms with Gasteiger partial charge in [-0.05, 0) is 56.0 Å². The standard InChI is InChI=1S/C23H29ClN2O2S/c1-16(14-25-11-9-19(10-12-25)28-17(2)27)15-26-20-5-3-4-6-22(20)29-23-8-7-18(24)13-21(23)26/h3-8,13,16-17,19,27H,9-12,14-15H2,1-2H3. The van der Waals surface area contributed by atoms with Crippen molar-refractivity contribution in [3.8, 4) is 0 Å². The molecule has 29 heavy (non-hydrogen) atoms. The lowest BCUT2D eigenvalue weighted by atomic mass is 10.0. The number of aliphatic hydroxyl groups excluding tert-OH is 1. The molecule has 156 valence electrons. The average Bonchev–Trinajstić information content (AvgIpc) is 2.69. The number of fused-ring (bicyclic) bond motifs is 2. The molecule has 2 heterocycles. The third-order valence-corrected chi connectivity index (χ3v) is 6.94. The minimum atomic E-state index is -0.672. The van der Waals surface area contributed by atoms with E-state index in [0.29, 0.717) is 5.92 Å². The van der Waals surface area contributed by atoms with Crippen molar-refractivity contribution >= 4 is 34.7 Å². The van der Waals surface area contributed by atoms with E-state index in [1.54, 1.807) is 6.92 Å². The van der Waals surface area contributed by atoms with Crippen LogP contribution < -0.4 is 4.90 Å². The number of aliphatic hydroxyl groups is 1. The van der Waals surface area contributed by atoms with Crippen molar-refractivity contribution in [2.24, 2.45) is 5.92 Å². The Morgan fingerprint density at radius 2 is 1.79 bits per heavy atom. The molecule has 2 atom stereocenters. The Balaban J connectivity index is 1.43. The van der Waals surface area contributed by atoms with Gasteiger partial charge in [0, 0.05) is 41.0 Å². The number of likely N-dealkylation sites (tertiary alicyclic amines) is 1. The van der Waals surface area contributed by atoms with Crippen molar-refractivity contribution in [1.82, 2.24) is 4.90 Å². The molecule has 2 aliphatic rings. The summed E-state index contributed by atoms with van der Waals surface area (Å²) in [5.74, 6) is 0.507. The van der Waals surface area contributed by atoms with Crippen molar-refractivity contribution in [3.05, 3.63) is 47.5 Å². The van der Waals surface area contributed by atoms with Crippen LogP contribution in [-0.2, 0) is 4.74 Å². The Kier molecular flexibility index (Phi) is 6.72. The minimum Gasteiger partial charge on any atom is -0.368 e. The molecule has 0 saturated carbocycles. The summed E-state index contributed by atoms with van der Waals surface area (Å²) in [5.41, 5.74) is 2.47. The third-order valence-electron chi connectivity index (χ3n) is 5.58. The molecule has 1 fully saturated rings. The molecule has 6 heteroatoms. The van der Waals surface area contributed by atoms with Crippen LogP contribution in [0, 0.1) is 5.92 Å². The fraction of sp³-hybridized carbons (Fsp3) is 0.478. The Hall–Kier alpha value is -1.24. The summed E-state index contributed by atoms with van der Waals surface area (Å²) in [6, 6.07) is 14.8. The number of benzene rings is 2. The number of para-hydroxylation sites is 1. The highest BCUT2D eigenvalue weighted by molar-refractivity contribution is 7.99. The van der Waals surface area contributed by atoms with Crippen molar-refractivity contribution < 1.29 is 9.84 Å². The quantitative estimate of drug-likeness (QED) is 0.618. The fourth-order valence-corrected chi connectivity index (χ4v) is 5.56. The lowest BCUT2D eigenvalue weighted by molar-refractivity contribution is -0.136. The zero-order chi connectivity index (χ0) is 20.4. The van der Waals surface area contributed by atoms with E-state index in [1.165, 1.54) is 21.2 Å². The van der Waals surface area contributed by atoms with Gasteiger partial charge in [-0.25, -0.2) is 0 Å². The lowest BCUT2D eigenvalue weighted by Crippen LogP contribution is -2.42. The van der Waals surface area contributed by atoms with Crippen LogP contribution in [0.5, 0.6) is 0 Å². The van der Waals surface area contributed by atoms with Crippen LogP contribution in [0.2, 0.25) is 5.02 Å². The van der Waals surface area contributed by atoms with Gasteiger partial charge in [0.2, 0.25) is 0 Å². The topological polar surface area (TPSA) is 35.9 Å². The second kappa shape index (κ2) is 9.27. The van der Waals surface area contributed by atoms with Crippen LogP contribution in [0.25, 0.3) is 0 Å². The number of piperidine rings is 1. The molecule has 2 unspecified atom stereocenters. The highest BCUT2D eigenvalue weighted by atomic mass is 35.5. The van der Waals surface area contributed by atoms with E-state index >= 15 is 0 Å². The van der Waals surface area contributed by atoms with E-state index < -0.39 is 6.29 Å². The summed E-state index contributed by atoms with van der Waals surface area (Å²) in [6.45, 7) is 8.07.